The van der Waals surface area contributed by atoms with E-state index in [9.17, 15) is 13.6 Å². The minimum Gasteiger partial charge on any atom is -0.323 e. The molecule has 1 N–H and O–H groups in total. The summed E-state index contributed by atoms with van der Waals surface area (Å²) in [5.41, 5.74) is 0.675. The van der Waals surface area contributed by atoms with Gasteiger partial charge in [0.2, 0.25) is 11.1 Å². The molecule has 0 radical (unpaired) electrons. The minimum absolute atomic E-state index is 0.0819. The molecule has 1 heterocycles. The maximum absolute atomic E-state index is 13.6. The zero-order chi connectivity index (χ0) is 17.8. The summed E-state index contributed by atoms with van der Waals surface area (Å²) in [5.74, 6) is -1.99. The molecular formula is C16H13F2N5OS. The highest BCUT2D eigenvalue weighted by atomic mass is 32.2. The van der Waals surface area contributed by atoms with E-state index in [2.05, 4.69) is 20.8 Å². The van der Waals surface area contributed by atoms with E-state index in [0.717, 1.165) is 23.5 Å². The molecular weight excluding hydrogens is 348 g/mol. The summed E-state index contributed by atoms with van der Waals surface area (Å²) >= 11 is 1.13. The van der Waals surface area contributed by atoms with Crippen molar-refractivity contribution in [2.24, 2.45) is 0 Å². The minimum atomic E-state index is -0.834. The average molecular weight is 361 g/mol. The third kappa shape index (κ3) is 4.00. The number of aromatic nitrogens is 4. The Morgan fingerprint density at radius 3 is 2.68 bits per heavy atom. The Kier molecular flexibility index (Phi) is 5.03. The second kappa shape index (κ2) is 7.39. The van der Waals surface area contributed by atoms with Crippen molar-refractivity contribution >= 4 is 23.4 Å². The molecule has 0 bridgehead atoms. The van der Waals surface area contributed by atoms with E-state index in [4.69, 9.17) is 0 Å². The van der Waals surface area contributed by atoms with Gasteiger partial charge in [-0.2, -0.15) is 4.68 Å². The van der Waals surface area contributed by atoms with E-state index in [1.54, 1.807) is 6.92 Å². The Morgan fingerprint density at radius 1 is 1.20 bits per heavy atom. The van der Waals surface area contributed by atoms with Crippen molar-refractivity contribution in [1.82, 2.24) is 20.2 Å². The van der Waals surface area contributed by atoms with Crippen LogP contribution >= 0.6 is 11.8 Å². The molecule has 6 nitrogen and oxygen atoms in total. The monoisotopic (exact) mass is 361 g/mol. The van der Waals surface area contributed by atoms with Crippen molar-refractivity contribution in [3.63, 3.8) is 0 Å². The van der Waals surface area contributed by atoms with Gasteiger partial charge in [-0.05, 0) is 41.6 Å². The molecule has 0 fully saturated rings. The fraction of sp³-hybridized carbons (Fsp3) is 0.125. The molecule has 0 aliphatic carbocycles. The van der Waals surface area contributed by atoms with Gasteiger partial charge < -0.3 is 5.32 Å². The normalized spacial score (nSPS) is 12.0. The zero-order valence-electron chi connectivity index (χ0n) is 13.1. The van der Waals surface area contributed by atoms with Crippen LogP contribution in [0.4, 0.5) is 14.5 Å². The quantitative estimate of drug-likeness (QED) is 0.707. The first-order chi connectivity index (χ1) is 12.0. The summed E-state index contributed by atoms with van der Waals surface area (Å²) in [6.45, 7) is 1.64. The van der Waals surface area contributed by atoms with Crippen LogP contribution in [0.25, 0.3) is 5.69 Å². The zero-order valence-corrected chi connectivity index (χ0v) is 13.9. The summed E-state index contributed by atoms with van der Waals surface area (Å²) in [7, 11) is 0. The SMILES string of the molecule is CC(Sc1nnnn1-c1ccccc1)C(=O)Nc1ccc(F)cc1F. The number of anilines is 1. The Balaban J connectivity index is 1.71. The number of carbonyl (C=O) groups is 1. The molecule has 0 aliphatic rings. The van der Waals surface area contributed by atoms with Crippen LogP contribution in [0, 0.1) is 11.6 Å². The van der Waals surface area contributed by atoms with Gasteiger partial charge in [0, 0.05) is 6.07 Å². The summed E-state index contributed by atoms with van der Waals surface area (Å²) < 4.78 is 28.1. The molecule has 1 atom stereocenters. The fourth-order valence-corrected chi connectivity index (χ4v) is 2.83. The molecule has 128 valence electrons. The first-order valence-electron chi connectivity index (χ1n) is 7.31. The van der Waals surface area contributed by atoms with Crippen LogP contribution in [0.2, 0.25) is 0 Å². The van der Waals surface area contributed by atoms with E-state index >= 15 is 0 Å². The predicted octanol–water partition coefficient (Wildman–Crippen LogP) is 3.06. The molecule has 1 aromatic heterocycles. The Labute approximate surface area is 146 Å². The molecule has 1 unspecified atom stereocenters. The van der Waals surface area contributed by atoms with Gasteiger partial charge in [-0.1, -0.05) is 30.0 Å². The van der Waals surface area contributed by atoms with E-state index in [-0.39, 0.29) is 5.69 Å². The maximum atomic E-state index is 13.6. The molecule has 0 aliphatic heterocycles. The van der Waals surface area contributed by atoms with Crippen LogP contribution in [0.1, 0.15) is 6.92 Å². The van der Waals surface area contributed by atoms with Gasteiger partial charge in [-0.25, -0.2) is 8.78 Å². The molecule has 25 heavy (non-hydrogen) atoms. The van der Waals surface area contributed by atoms with Gasteiger partial charge in [0.15, 0.2) is 0 Å². The van der Waals surface area contributed by atoms with Crippen LogP contribution in [0.3, 0.4) is 0 Å². The Bertz CT molecular complexity index is 887. The third-order valence-corrected chi connectivity index (χ3v) is 4.32. The van der Waals surface area contributed by atoms with Crippen LogP contribution in [-0.4, -0.2) is 31.4 Å². The number of hydrogen-bond acceptors (Lipinski definition) is 5. The van der Waals surface area contributed by atoms with E-state index in [0.29, 0.717) is 11.2 Å². The second-order valence-electron chi connectivity index (χ2n) is 5.08. The van der Waals surface area contributed by atoms with E-state index in [1.807, 2.05) is 30.3 Å². The van der Waals surface area contributed by atoms with Gasteiger partial charge in [0.25, 0.3) is 0 Å². The van der Waals surface area contributed by atoms with Crippen LogP contribution in [0.5, 0.6) is 0 Å². The molecule has 9 heteroatoms. The Hall–Kier alpha value is -2.81. The first-order valence-corrected chi connectivity index (χ1v) is 8.19. The van der Waals surface area contributed by atoms with Crippen molar-refractivity contribution in [2.45, 2.75) is 17.3 Å². The third-order valence-electron chi connectivity index (χ3n) is 3.28. The number of thioether (sulfide) groups is 1. The lowest BCUT2D eigenvalue weighted by molar-refractivity contribution is -0.115. The second-order valence-corrected chi connectivity index (χ2v) is 6.39. The van der Waals surface area contributed by atoms with Crippen LogP contribution < -0.4 is 5.32 Å². The molecule has 3 rings (SSSR count). The lowest BCUT2D eigenvalue weighted by Crippen LogP contribution is -2.23. The summed E-state index contributed by atoms with van der Waals surface area (Å²) in [5, 5.41) is 13.7. The van der Waals surface area contributed by atoms with Gasteiger partial charge in [0.1, 0.15) is 11.6 Å². The molecule has 3 aromatic rings. The highest BCUT2D eigenvalue weighted by Crippen LogP contribution is 2.24. The molecule has 2 aromatic carbocycles. The van der Waals surface area contributed by atoms with Crippen molar-refractivity contribution in [2.75, 3.05) is 5.32 Å². The lowest BCUT2D eigenvalue weighted by Gasteiger charge is -2.12. The summed E-state index contributed by atoms with van der Waals surface area (Å²) in [4.78, 5) is 12.3. The van der Waals surface area contributed by atoms with Gasteiger partial charge in [-0.3, -0.25) is 4.79 Å². The number of carbonyl (C=O) groups excluding carboxylic acids is 1. The van der Waals surface area contributed by atoms with Crippen LogP contribution in [0.15, 0.2) is 53.7 Å². The number of nitrogens with one attached hydrogen (secondary N) is 1. The standard InChI is InChI=1S/C16H13F2N5OS/c1-10(15(24)19-14-8-7-11(17)9-13(14)18)25-16-20-21-22-23(16)12-5-3-2-4-6-12/h2-10H,1H3,(H,19,24). The number of para-hydroxylation sites is 1. The fourth-order valence-electron chi connectivity index (χ4n) is 2.02. The maximum Gasteiger partial charge on any atom is 0.237 e. The molecule has 1 amide bonds. The van der Waals surface area contributed by atoms with Gasteiger partial charge in [-0.15, -0.1) is 5.10 Å². The highest BCUT2D eigenvalue weighted by molar-refractivity contribution is 8.00. The van der Waals surface area contributed by atoms with Crippen LogP contribution in [-0.2, 0) is 4.79 Å². The predicted molar refractivity (Wildman–Crippen MR) is 89.5 cm³/mol. The van der Waals surface area contributed by atoms with Crippen molar-refractivity contribution in [1.29, 1.82) is 0 Å². The van der Waals surface area contributed by atoms with Crippen molar-refractivity contribution in [3.05, 3.63) is 60.2 Å². The largest absolute Gasteiger partial charge is 0.323 e. The van der Waals surface area contributed by atoms with Gasteiger partial charge in [0.05, 0.1) is 16.6 Å². The first kappa shape index (κ1) is 17.0. The number of rotatable bonds is 5. The number of hydrogen-bond donors (Lipinski definition) is 1. The summed E-state index contributed by atoms with van der Waals surface area (Å²) in [6, 6.07) is 12.2. The molecule has 0 spiro atoms. The Morgan fingerprint density at radius 2 is 1.96 bits per heavy atom. The average Bonchev–Trinajstić information content (AvgIpc) is 3.06. The highest BCUT2D eigenvalue weighted by Gasteiger charge is 2.20. The number of tetrazole rings is 1. The number of halogens is 2. The number of nitrogens with zero attached hydrogens (tertiary/aromatic N) is 4. The van der Waals surface area contributed by atoms with E-state index < -0.39 is 22.8 Å². The van der Waals surface area contributed by atoms with Crippen molar-refractivity contribution < 1.29 is 13.6 Å². The summed E-state index contributed by atoms with van der Waals surface area (Å²) in [6.07, 6.45) is 0. The molecule has 0 saturated carbocycles. The number of amides is 1. The molecule has 0 saturated heterocycles. The topological polar surface area (TPSA) is 72.7 Å². The lowest BCUT2D eigenvalue weighted by atomic mass is 10.3. The number of benzene rings is 2. The van der Waals surface area contributed by atoms with E-state index in [1.165, 1.54) is 10.7 Å². The van der Waals surface area contributed by atoms with Crippen molar-refractivity contribution in [3.8, 4) is 5.69 Å². The smallest absolute Gasteiger partial charge is 0.237 e. The van der Waals surface area contributed by atoms with Gasteiger partial charge >= 0.3 is 0 Å².